The zero-order chi connectivity index (χ0) is 15.4. The van der Waals surface area contributed by atoms with Crippen LogP contribution in [0.1, 0.15) is 38.3 Å². The number of anilines is 1. The van der Waals surface area contributed by atoms with Crippen LogP contribution in [0.15, 0.2) is 0 Å². The molecule has 7 nitrogen and oxygen atoms in total. The third-order valence-electron chi connectivity index (χ3n) is 4.03. The van der Waals surface area contributed by atoms with E-state index in [1.807, 2.05) is 11.7 Å². The van der Waals surface area contributed by atoms with Crippen LogP contribution < -0.4 is 10.2 Å². The smallest absolute Gasteiger partial charge is 0.333 e. The van der Waals surface area contributed by atoms with E-state index in [0.717, 1.165) is 32.4 Å². The molecule has 0 amide bonds. The van der Waals surface area contributed by atoms with Crippen molar-refractivity contribution in [3.63, 3.8) is 0 Å². The molecule has 0 saturated carbocycles. The van der Waals surface area contributed by atoms with E-state index < -0.39 is 0 Å². The van der Waals surface area contributed by atoms with E-state index >= 15 is 0 Å². The largest absolute Gasteiger partial charge is 0.347 e. The number of rotatable bonds is 6. The second-order valence-electron chi connectivity index (χ2n) is 5.64. The molecule has 7 heteroatoms. The van der Waals surface area contributed by atoms with Crippen molar-refractivity contribution in [2.75, 3.05) is 25.0 Å². The van der Waals surface area contributed by atoms with Gasteiger partial charge in [-0.3, -0.25) is 10.1 Å². The van der Waals surface area contributed by atoms with Crippen LogP contribution >= 0.6 is 0 Å². The molecule has 1 aromatic heterocycles. The first-order valence-electron chi connectivity index (χ1n) is 7.73. The van der Waals surface area contributed by atoms with Gasteiger partial charge in [0.15, 0.2) is 0 Å². The summed E-state index contributed by atoms with van der Waals surface area (Å²) in [6, 6.07) is 0.300. The maximum Gasteiger partial charge on any atom is 0.333 e. The minimum Gasteiger partial charge on any atom is -0.347 e. The highest BCUT2D eigenvalue weighted by Gasteiger charge is 2.33. The zero-order valence-electron chi connectivity index (χ0n) is 13.1. The van der Waals surface area contributed by atoms with Crippen LogP contribution in [0.3, 0.4) is 0 Å². The first-order chi connectivity index (χ1) is 10.1. The second kappa shape index (κ2) is 6.89. The third-order valence-corrected chi connectivity index (χ3v) is 4.03. The molecule has 1 aliphatic rings. The molecule has 1 atom stereocenters. The Morgan fingerprint density at radius 3 is 2.86 bits per heavy atom. The fourth-order valence-corrected chi connectivity index (χ4v) is 3.15. The van der Waals surface area contributed by atoms with Crippen molar-refractivity contribution in [2.24, 2.45) is 0 Å². The van der Waals surface area contributed by atoms with Gasteiger partial charge in [0.25, 0.3) is 0 Å². The number of aromatic nitrogens is 2. The molecule has 1 aliphatic heterocycles. The number of hydrogen-bond acceptors (Lipinski definition) is 5. The summed E-state index contributed by atoms with van der Waals surface area (Å²) in [5, 5.41) is 19.1. The summed E-state index contributed by atoms with van der Waals surface area (Å²) in [7, 11) is 1.93. The molecule has 1 unspecified atom stereocenters. The maximum atomic E-state index is 11.5. The summed E-state index contributed by atoms with van der Waals surface area (Å²) in [5.74, 6) is 0.694. The molecule has 21 heavy (non-hydrogen) atoms. The minimum atomic E-state index is -0.283. The molecule has 0 radical (unpaired) electrons. The second-order valence-corrected chi connectivity index (χ2v) is 5.64. The standard InChI is InChI=1S/C14H25N5O2/c1-4-8-18-14(13(19(20)21)11(2)16-18)17-9-6-5-7-12(17)10-15-3/h12,15H,4-10H2,1-3H3. The fourth-order valence-electron chi connectivity index (χ4n) is 3.15. The third kappa shape index (κ3) is 3.18. The van der Waals surface area contributed by atoms with Gasteiger partial charge in [-0.2, -0.15) is 5.10 Å². The zero-order valence-corrected chi connectivity index (χ0v) is 13.1. The van der Waals surface area contributed by atoms with Gasteiger partial charge in [-0.05, 0) is 39.7 Å². The Kier molecular flexibility index (Phi) is 5.17. The van der Waals surface area contributed by atoms with Crippen molar-refractivity contribution >= 4 is 11.5 Å². The number of nitrogens with zero attached hydrogens (tertiary/aromatic N) is 4. The lowest BCUT2D eigenvalue weighted by Crippen LogP contribution is -2.46. The monoisotopic (exact) mass is 295 g/mol. The molecular weight excluding hydrogens is 270 g/mol. The predicted molar refractivity (Wildman–Crippen MR) is 82.8 cm³/mol. The predicted octanol–water partition coefficient (Wildman–Crippen LogP) is 2.09. The van der Waals surface area contributed by atoms with Crippen molar-refractivity contribution in [1.29, 1.82) is 0 Å². The highest BCUT2D eigenvalue weighted by molar-refractivity contribution is 5.62. The van der Waals surface area contributed by atoms with Crippen molar-refractivity contribution in [1.82, 2.24) is 15.1 Å². The number of nitro groups is 1. The van der Waals surface area contributed by atoms with Gasteiger partial charge < -0.3 is 10.2 Å². The Morgan fingerprint density at radius 2 is 2.24 bits per heavy atom. The van der Waals surface area contributed by atoms with Crippen LogP contribution in [0.25, 0.3) is 0 Å². The van der Waals surface area contributed by atoms with E-state index in [4.69, 9.17) is 0 Å². The quantitative estimate of drug-likeness (QED) is 0.642. The van der Waals surface area contributed by atoms with Crippen LogP contribution in [0.5, 0.6) is 0 Å². The molecule has 0 bridgehead atoms. The lowest BCUT2D eigenvalue weighted by Gasteiger charge is -2.36. The van der Waals surface area contributed by atoms with Gasteiger partial charge in [-0.15, -0.1) is 0 Å². The molecule has 0 spiro atoms. The summed E-state index contributed by atoms with van der Waals surface area (Å²) in [5.41, 5.74) is 0.684. The Bertz CT molecular complexity index is 498. The van der Waals surface area contributed by atoms with Crippen LogP contribution in [-0.2, 0) is 6.54 Å². The van der Waals surface area contributed by atoms with Crippen LogP contribution in [0, 0.1) is 17.0 Å². The molecule has 1 saturated heterocycles. The first-order valence-corrected chi connectivity index (χ1v) is 7.73. The van der Waals surface area contributed by atoms with Crippen molar-refractivity contribution in [3.8, 4) is 0 Å². The van der Waals surface area contributed by atoms with E-state index in [1.54, 1.807) is 6.92 Å². The molecule has 0 aromatic carbocycles. The van der Waals surface area contributed by atoms with Gasteiger partial charge in [-0.1, -0.05) is 6.92 Å². The molecular formula is C14H25N5O2. The number of nitrogens with one attached hydrogen (secondary N) is 1. The van der Waals surface area contributed by atoms with Crippen LogP contribution in [0.4, 0.5) is 11.5 Å². The molecule has 2 rings (SSSR count). The van der Waals surface area contributed by atoms with Crippen molar-refractivity contribution < 1.29 is 4.92 Å². The topological polar surface area (TPSA) is 76.2 Å². The lowest BCUT2D eigenvalue weighted by molar-refractivity contribution is -0.384. The van der Waals surface area contributed by atoms with E-state index in [9.17, 15) is 10.1 Å². The summed E-state index contributed by atoms with van der Waals surface area (Å²) in [6.45, 7) is 6.21. The number of hydrogen-bond donors (Lipinski definition) is 1. The average molecular weight is 295 g/mol. The van der Waals surface area contributed by atoms with Gasteiger partial charge in [0.05, 0.1) is 4.92 Å². The first kappa shape index (κ1) is 15.8. The van der Waals surface area contributed by atoms with E-state index in [1.165, 1.54) is 6.42 Å². The minimum absolute atomic E-state index is 0.173. The van der Waals surface area contributed by atoms with Gasteiger partial charge in [0.1, 0.15) is 5.69 Å². The summed E-state index contributed by atoms with van der Waals surface area (Å²) < 4.78 is 1.82. The molecule has 2 heterocycles. The number of piperidine rings is 1. The Balaban J connectivity index is 2.45. The molecule has 1 N–H and O–H groups in total. The normalized spacial score (nSPS) is 19.0. The highest BCUT2D eigenvalue weighted by atomic mass is 16.6. The number of aryl methyl sites for hydroxylation is 2. The van der Waals surface area contributed by atoms with Gasteiger partial charge in [0, 0.05) is 25.7 Å². The van der Waals surface area contributed by atoms with Crippen LogP contribution in [-0.4, -0.2) is 40.9 Å². The van der Waals surface area contributed by atoms with Gasteiger partial charge in [0.2, 0.25) is 5.82 Å². The van der Waals surface area contributed by atoms with Crippen LogP contribution in [0.2, 0.25) is 0 Å². The summed E-state index contributed by atoms with van der Waals surface area (Å²) in [6.07, 6.45) is 4.23. The fraction of sp³-hybridized carbons (Fsp3) is 0.786. The highest BCUT2D eigenvalue weighted by Crippen LogP contribution is 2.35. The Morgan fingerprint density at radius 1 is 1.48 bits per heavy atom. The maximum absolute atomic E-state index is 11.5. The summed E-state index contributed by atoms with van der Waals surface area (Å²) in [4.78, 5) is 13.4. The Labute approximate surface area is 125 Å². The molecule has 1 aromatic rings. The van der Waals surface area contributed by atoms with E-state index in [2.05, 4.69) is 22.2 Å². The SMILES string of the molecule is CCCn1nc(C)c([N+](=O)[O-])c1N1CCCCC1CNC. The average Bonchev–Trinajstić information content (AvgIpc) is 2.77. The van der Waals surface area contributed by atoms with Crippen molar-refractivity contribution in [3.05, 3.63) is 15.8 Å². The molecule has 118 valence electrons. The van der Waals surface area contributed by atoms with E-state index in [-0.39, 0.29) is 10.6 Å². The molecule has 0 aliphatic carbocycles. The van der Waals surface area contributed by atoms with Gasteiger partial charge in [-0.25, -0.2) is 4.68 Å². The summed E-state index contributed by atoms with van der Waals surface area (Å²) >= 11 is 0. The number of likely N-dealkylation sites (N-methyl/N-ethyl adjacent to an activating group) is 1. The molecule has 1 fully saturated rings. The van der Waals surface area contributed by atoms with Gasteiger partial charge >= 0.3 is 5.69 Å². The van der Waals surface area contributed by atoms with Crippen molar-refractivity contribution in [2.45, 2.75) is 52.1 Å². The Hall–Kier alpha value is -1.63. The van der Waals surface area contributed by atoms with E-state index in [0.29, 0.717) is 24.1 Å². The lowest BCUT2D eigenvalue weighted by atomic mass is 10.0.